The highest BCUT2D eigenvalue weighted by Crippen LogP contribution is 2.00. The highest BCUT2D eigenvalue weighted by molar-refractivity contribution is 5.13. The molecule has 0 fully saturated rings. The molecule has 1 aromatic rings. The van der Waals surface area contributed by atoms with Gasteiger partial charge in [-0.1, -0.05) is 31.1 Å². The van der Waals surface area contributed by atoms with E-state index in [0.29, 0.717) is 0 Å². The standard InChI is InChI=1S/C10H16N3/c1-3-5-6-8-13-9-10(7-4-2)11-12-13/h4,7,9H,2-3,5-6,8H2,1H3. The maximum Gasteiger partial charge on any atom is 0.0905 e. The van der Waals surface area contributed by atoms with E-state index in [4.69, 9.17) is 0 Å². The molecule has 0 aliphatic carbocycles. The van der Waals surface area contributed by atoms with Gasteiger partial charge in [0.15, 0.2) is 0 Å². The molecule has 0 N–H and O–H groups in total. The number of aromatic nitrogens is 3. The van der Waals surface area contributed by atoms with Crippen molar-refractivity contribution in [3.05, 3.63) is 31.0 Å². The molecular formula is C10H16N3. The zero-order chi connectivity index (χ0) is 9.52. The summed E-state index contributed by atoms with van der Waals surface area (Å²) in [6.07, 6.45) is 9.18. The van der Waals surface area contributed by atoms with Gasteiger partial charge < -0.3 is 0 Å². The van der Waals surface area contributed by atoms with E-state index < -0.39 is 0 Å². The van der Waals surface area contributed by atoms with Gasteiger partial charge >= 0.3 is 0 Å². The SMILES string of the molecule is C=C[CH]c1cn(CCCCC)nn1. The Balaban J connectivity index is 2.35. The fraction of sp³-hybridized carbons (Fsp3) is 0.500. The van der Waals surface area contributed by atoms with E-state index in [0.717, 1.165) is 12.2 Å². The first-order valence-corrected chi connectivity index (χ1v) is 4.72. The Labute approximate surface area is 79.5 Å². The van der Waals surface area contributed by atoms with Gasteiger partial charge in [0.1, 0.15) is 0 Å². The summed E-state index contributed by atoms with van der Waals surface area (Å²) in [5, 5.41) is 7.97. The van der Waals surface area contributed by atoms with Crippen LogP contribution in [0.5, 0.6) is 0 Å². The Hall–Kier alpha value is -1.12. The Bertz CT molecular complexity index is 252. The topological polar surface area (TPSA) is 30.7 Å². The van der Waals surface area contributed by atoms with E-state index in [1.54, 1.807) is 6.08 Å². The summed E-state index contributed by atoms with van der Waals surface area (Å²) in [6.45, 7) is 6.76. The van der Waals surface area contributed by atoms with Crippen molar-refractivity contribution in [2.24, 2.45) is 0 Å². The van der Waals surface area contributed by atoms with Crippen LogP contribution in [-0.2, 0) is 6.54 Å². The number of rotatable bonds is 6. The van der Waals surface area contributed by atoms with E-state index in [1.807, 2.05) is 17.3 Å². The maximum absolute atomic E-state index is 3.99. The van der Waals surface area contributed by atoms with Crippen LogP contribution in [0.4, 0.5) is 0 Å². The Kier molecular flexibility index (Phi) is 4.23. The predicted molar refractivity (Wildman–Crippen MR) is 53.1 cm³/mol. The quantitative estimate of drug-likeness (QED) is 0.625. The molecule has 0 amide bonds. The first kappa shape index (κ1) is 9.96. The van der Waals surface area contributed by atoms with Crippen molar-refractivity contribution < 1.29 is 0 Å². The van der Waals surface area contributed by atoms with Gasteiger partial charge in [-0.15, -0.1) is 11.7 Å². The van der Waals surface area contributed by atoms with Gasteiger partial charge in [-0.2, -0.15) is 0 Å². The van der Waals surface area contributed by atoms with E-state index >= 15 is 0 Å². The lowest BCUT2D eigenvalue weighted by atomic mass is 10.2. The first-order chi connectivity index (χ1) is 6.36. The Morgan fingerprint density at radius 1 is 1.54 bits per heavy atom. The zero-order valence-electron chi connectivity index (χ0n) is 8.11. The molecule has 1 rings (SSSR count). The minimum absolute atomic E-state index is 0.881. The van der Waals surface area contributed by atoms with E-state index in [9.17, 15) is 0 Å². The number of allylic oxidation sites excluding steroid dienone is 1. The van der Waals surface area contributed by atoms with Gasteiger partial charge in [0.25, 0.3) is 0 Å². The molecule has 0 saturated heterocycles. The Morgan fingerprint density at radius 3 is 3.08 bits per heavy atom. The summed E-state index contributed by atoms with van der Waals surface area (Å²) in [4.78, 5) is 0. The lowest BCUT2D eigenvalue weighted by Crippen LogP contribution is -1.98. The van der Waals surface area contributed by atoms with Crippen molar-refractivity contribution in [3.63, 3.8) is 0 Å². The van der Waals surface area contributed by atoms with Crippen LogP contribution in [0.1, 0.15) is 31.9 Å². The molecular weight excluding hydrogens is 162 g/mol. The molecule has 0 spiro atoms. The van der Waals surface area contributed by atoms with Gasteiger partial charge in [0.2, 0.25) is 0 Å². The minimum Gasteiger partial charge on any atom is -0.252 e. The third kappa shape index (κ3) is 3.40. The lowest BCUT2D eigenvalue weighted by molar-refractivity contribution is 0.537. The Morgan fingerprint density at radius 2 is 2.38 bits per heavy atom. The fourth-order valence-electron chi connectivity index (χ4n) is 1.14. The van der Waals surface area contributed by atoms with Crippen molar-refractivity contribution in [1.29, 1.82) is 0 Å². The predicted octanol–water partition coefficient (Wildman–Crippen LogP) is 2.21. The third-order valence-electron chi connectivity index (χ3n) is 1.84. The van der Waals surface area contributed by atoms with Crippen LogP contribution in [0.2, 0.25) is 0 Å². The molecule has 0 atom stereocenters. The molecule has 0 aliphatic heterocycles. The average Bonchev–Trinajstić information content (AvgIpc) is 2.54. The van der Waals surface area contributed by atoms with Gasteiger partial charge in [-0.3, -0.25) is 4.68 Å². The number of nitrogens with zero attached hydrogens (tertiary/aromatic N) is 3. The third-order valence-corrected chi connectivity index (χ3v) is 1.84. The van der Waals surface area contributed by atoms with Crippen LogP contribution in [0.3, 0.4) is 0 Å². The number of hydrogen-bond acceptors (Lipinski definition) is 2. The molecule has 13 heavy (non-hydrogen) atoms. The van der Waals surface area contributed by atoms with E-state index in [-0.39, 0.29) is 0 Å². The second-order valence-corrected chi connectivity index (χ2v) is 3.02. The zero-order valence-corrected chi connectivity index (χ0v) is 8.11. The summed E-state index contributed by atoms with van der Waals surface area (Å²) in [6, 6.07) is 0. The summed E-state index contributed by atoms with van der Waals surface area (Å²) in [7, 11) is 0. The molecule has 1 aromatic heterocycles. The largest absolute Gasteiger partial charge is 0.252 e. The van der Waals surface area contributed by atoms with Crippen LogP contribution >= 0.6 is 0 Å². The van der Waals surface area contributed by atoms with Crippen LogP contribution < -0.4 is 0 Å². The molecule has 3 heteroatoms. The summed E-state index contributed by atoms with van der Waals surface area (Å²) in [5.41, 5.74) is 0.881. The van der Waals surface area contributed by atoms with Crippen molar-refractivity contribution in [1.82, 2.24) is 15.0 Å². The highest BCUT2D eigenvalue weighted by atomic mass is 15.4. The number of unbranched alkanes of at least 4 members (excludes halogenated alkanes) is 2. The molecule has 0 aromatic carbocycles. The van der Waals surface area contributed by atoms with Crippen LogP contribution in [0, 0.1) is 6.42 Å². The van der Waals surface area contributed by atoms with E-state index in [1.165, 1.54) is 19.3 Å². The smallest absolute Gasteiger partial charge is 0.0905 e. The summed E-state index contributed by atoms with van der Waals surface area (Å²) in [5.74, 6) is 0. The van der Waals surface area contributed by atoms with Crippen molar-refractivity contribution in [3.8, 4) is 0 Å². The minimum atomic E-state index is 0.881. The second-order valence-electron chi connectivity index (χ2n) is 3.02. The van der Waals surface area contributed by atoms with Crippen molar-refractivity contribution >= 4 is 0 Å². The summed E-state index contributed by atoms with van der Waals surface area (Å²) >= 11 is 0. The fourth-order valence-corrected chi connectivity index (χ4v) is 1.14. The lowest BCUT2D eigenvalue weighted by Gasteiger charge is -1.96. The molecule has 1 heterocycles. The molecule has 0 bridgehead atoms. The molecule has 0 saturated carbocycles. The van der Waals surface area contributed by atoms with Gasteiger partial charge in [0, 0.05) is 19.2 Å². The van der Waals surface area contributed by atoms with Crippen LogP contribution in [-0.4, -0.2) is 15.0 Å². The second kappa shape index (κ2) is 5.51. The van der Waals surface area contributed by atoms with Crippen LogP contribution in [0.15, 0.2) is 18.9 Å². The van der Waals surface area contributed by atoms with Gasteiger partial charge in [0.05, 0.1) is 5.69 Å². The molecule has 3 nitrogen and oxygen atoms in total. The summed E-state index contributed by atoms with van der Waals surface area (Å²) < 4.78 is 1.88. The normalized spacial score (nSPS) is 10.2. The number of aryl methyl sites for hydroxylation is 1. The van der Waals surface area contributed by atoms with Crippen LogP contribution in [0.25, 0.3) is 0 Å². The van der Waals surface area contributed by atoms with Gasteiger partial charge in [-0.25, -0.2) is 0 Å². The highest BCUT2D eigenvalue weighted by Gasteiger charge is 1.97. The monoisotopic (exact) mass is 178 g/mol. The molecule has 1 radical (unpaired) electrons. The average molecular weight is 178 g/mol. The van der Waals surface area contributed by atoms with Crippen molar-refractivity contribution in [2.75, 3.05) is 0 Å². The first-order valence-electron chi connectivity index (χ1n) is 4.72. The van der Waals surface area contributed by atoms with Crippen molar-refractivity contribution in [2.45, 2.75) is 32.7 Å². The number of hydrogen-bond donors (Lipinski definition) is 0. The molecule has 0 aliphatic rings. The van der Waals surface area contributed by atoms with Gasteiger partial charge in [-0.05, 0) is 6.42 Å². The maximum atomic E-state index is 3.99. The molecule has 71 valence electrons. The molecule has 0 unspecified atom stereocenters. The van der Waals surface area contributed by atoms with E-state index in [2.05, 4.69) is 23.8 Å².